The number of esters is 1. The molecule has 1 heterocycles. The van der Waals surface area contributed by atoms with Crippen molar-refractivity contribution in [3.05, 3.63) is 0 Å². The highest BCUT2D eigenvalue weighted by atomic mass is 16.6. The SMILES string of the molecule is CC(C)C[C@@H](N)[C@H](O)C(=O)N1CCC[C@H]1C(=O)OC(C)(C)C. The summed E-state index contributed by atoms with van der Waals surface area (Å²) in [6.45, 7) is 9.79. The number of hydrogen-bond donors (Lipinski definition) is 2. The lowest BCUT2D eigenvalue weighted by atomic mass is 9.99. The van der Waals surface area contributed by atoms with E-state index in [-0.39, 0.29) is 5.92 Å². The van der Waals surface area contributed by atoms with E-state index in [0.717, 1.165) is 6.42 Å². The molecule has 1 amide bonds. The molecule has 0 aromatic carbocycles. The Morgan fingerprint density at radius 3 is 2.45 bits per heavy atom. The molecule has 0 radical (unpaired) electrons. The summed E-state index contributed by atoms with van der Waals surface area (Å²) in [7, 11) is 0. The fourth-order valence-electron chi connectivity index (χ4n) is 2.67. The number of hydrogen-bond acceptors (Lipinski definition) is 5. The van der Waals surface area contributed by atoms with E-state index in [1.807, 2.05) is 13.8 Å². The van der Waals surface area contributed by atoms with Crippen molar-refractivity contribution in [1.29, 1.82) is 0 Å². The third-order valence-electron chi connectivity index (χ3n) is 3.62. The summed E-state index contributed by atoms with van der Waals surface area (Å²) in [5.74, 6) is -0.595. The maximum Gasteiger partial charge on any atom is 0.329 e. The number of aliphatic hydroxyl groups excluding tert-OH is 1. The quantitative estimate of drug-likeness (QED) is 0.740. The van der Waals surface area contributed by atoms with E-state index in [9.17, 15) is 14.7 Å². The molecule has 1 rings (SSSR count). The molecule has 128 valence electrons. The van der Waals surface area contributed by atoms with Gasteiger partial charge in [-0.15, -0.1) is 0 Å². The van der Waals surface area contributed by atoms with Gasteiger partial charge in [-0.2, -0.15) is 0 Å². The van der Waals surface area contributed by atoms with Gasteiger partial charge in [-0.25, -0.2) is 4.79 Å². The first kappa shape index (κ1) is 18.9. The van der Waals surface area contributed by atoms with Crippen LogP contribution in [0.2, 0.25) is 0 Å². The van der Waals surface area contributed by atoms with Gasteiger partial charge in [0.2, 0.25) is 0 Å². The van der Waals surface area contributed by atoms with Gasteiger partial charge in [0, 0.05) is 12.6 Å². The first-order valence-electron chi connectivity index (χ1n) is 8.00. The maximum atomic E-state index is 12.4. The highest BCUT2D eigenvalue weighted by Crippen LogP contribution is 2.23. The van der Waals surface area contributed by atoms with E-state index in [1.54, 1.807) is 20.8 Å². The standard InChI is InChI=1S/C16H30N2O4/c1-10(2)9-11(17)13(19)14(20)18-8-6-7-12(18)15(21)22-16(3,4)5/h10-13,19H,6-9,17H2,1-5H3/t11-,12+,13+/m1/s1. The summed E-state index contributed by atoms with van der Waals surface area (Å²) in [6, 6.07) is -1.24. The number of rotatable bonds is 5. The molecule has 0 aromatic heterocycles. The van der Waals surface area contributed by atoms with Crippen LogP contribution >= 0.6 is 0 Å². The zero-order chi connectivity index (χ0) is 17.1. The lowest BCUT2D eigenvalue weighted by Gasteiger charge is -2.30. The van der Waals surface area contributed by atoms with E-state index >= 15 is 0 Å². The van der Waals surface area contributed by atoms with Crippen LogP contribution in [0.1, 0.15) is 53.9 Å². The molecular weight excluding hydrogens is 284 g/mol. The molecule has 0 saturated carbocycles. The molecule has 0 bridgehead atoms. The Bertz CT molecular complexity index is 403. The first-order valence-corrected chi connectivity index (χ1v) is 8.00. The van der Waals surface area contributed by atoms with Crippen LogP contribution in [-0.4, -0.2) is 52.2 Å². The van der Waals surface area contributed by atoms with Gasteiger partial charge < -0.3 is 20.5 Å². The monoisotopic (exact) mass is 314 g/mol. The number of carbonyl (C=O) groups is 2. The van der Waals surface area contributed by atoms with E-state index in [0.29, 0.717) is 19.4 Å². The number of amides is 1. The van der Waals surface area contributed by atoms with Crippen LogP contribution in [0, 0.1) is 5.92 Å². The Labute approximate surface area is 133 Å². The Balaban J connectivity index is 2.73. The predicted octanol–water partition coefficient (Wildman–Crippen LogP) is 1.05. The van der Waals surface area contributed by atoms with Crippen molar-refractivity contribution in [2.24, 2.45) is 11.7 Å². The zero-order valence-electron chi connectivity index (χ0n) is 14.3. The maximum absolute atomic E-state index is 12.4. The Hall–Kier alpha value is -1.14. The molecule has 0 aliphatic carbocycles. The molecule has 0 aromatic rings. The largest absolute Gasteiger partial charge is 0.458 e. The molecule has 0 spiro atoms. The van der Waals surface area contributed by atoms with E-state index < -0.39 is 35.7 Å². The third kappa shape index (κ3) is 5.25. The smallest absolute Gasteiger partial charge is 0.329 e. The minimum absolute atomic E-state index is 0.290. The second-order valence-corrected chi connectivity index (χ2v) is 7.46. The lowest BCUT2D eigenvalue weighted by Crippen LogP contribution is -2.52. The van der Waals surface area contributed by atoms with Crippen LogP contribution in [0.4, 0.5) is 0 Å². The molecule has 1 fully saturated rings. The second kappa shape index (κ2) is 7.42. The minimum Gasteiger partial charge on any atom is -0.458 e. The lowest BCUT2D eigenvalue weighted by molar-refractivity contribution is -0.165. The summed E-state index contributed by atoms with van der Waals surface area (Å²) in [4.78, 5) is 26.1. The average Bonchev–Trinajstić information content (AvgIpc) is 2.83. The third-order valence-corrected chi connectivity index (χ3v) is 3.62. The number of nitrogens with zero attached hydrogens (tertiary/aromatic N) is 1. The van der Waals surface area contributed by atoms with Crippen LogP contribution in [0.25, 0.3) is 0 Å². The van der Waals surface area contributed by atoms with Gasteiger partial charge in [-0.1, -0.05) is 13.8 Å². The minimum atomic E-state index is -1.27. The van der Waals surface area contributed by atoms with Crippen LogP contribution in [0.15, 0.2) is 0 Å². The number of aliphatic hydroxyl groups is 1. The summed E-state index contributed by atoms with van der Waals surface area (Å²) in [6.07, 6.45) is 0.567. The zero-order valence-corrected chi connectivity index (χ0v) is 14.3. The topological polar surface area (TPSA) is 92.9 Å². The number of likely N-dealkylation sites (tertiary alicyclic amines) is 1. The van der Waals surface area contributed by atoms with Crippen LogP contribution in [0.3, 0.4) is 0 Å². The molecule has 0 unspecified atom stereocenters. The van der Waals surface area contributed by atoms with Crippen LogP contribution in [0.5, 0.6) is 0 Å². The number of nitrogens with two attached hydrogens (primary N) is 1. The van der Waals surface area contributed by atoms with E-state index in [2.05, 4.69) is 0 Å². The van der Waals surface area contributed by atoms with Crippen molar-refractivity contribution < 1.29 is 19.4 Å². The molecule has 3 N–H and O–H groups in total. The Morgan fingerprint density at radius 2 is 1.95 bits per heavy atom. The number of carbonyl (C=O) groups excluding carboxylic acids is 2. The highest BCUT2D eigenvalue weighted by Gasteiger charge is 2.40. The van der Waals surface area contributed by atoms with Crippen molar-refractivity contribution in [1.82, 2.24) is 4.90 Å². The fraction of sp³-hybridized carbons (Fsp3) is 0.875. The molecule has 6 heteroatoms. The summed E-state index contributed by atoms with van der Waals surface area (Å²) >= 11 is 0. The molecule has 1 aliphatic heterocycles. The molecule has 6 nitrogen and oxygen atoms in total. The summed E-state index contributed by atoms with van der Waals surface area (Å²) in [5.41, 5.74) is 5.30. The summed E-state index contributed by atoms with van der Waals surface area (Å²) < 4.78 is 5.36. The summed E-state index contributed by atoms with van der Waals surface area (Å²) in [5, 5.41) is 10.2. The normalized spacial score (nSPS) is 21.8. The fourth-order valence-corrected chi connectivity index (χ4v) is 2.67. The molecule has 22 heavy (non-hydrogen) atoms. The Kier molecular flexibility index (Phi) is 6.38. The van der Waals surface area contributed by atoms with Gasteiger partial charge in [0.15, 0.2) is 0 Å². The van der Waals surface area contributed by atoms with Crippen molar-refractivity contribution >= 4 is 11.9 Å². The van der Waals surface area contributed by atoms with Crippen molar-refractivity contribution in [3.63, 3.8) is 0 Å². The van der Waals surface area contributed by atoms with Crippen molar-refractivity contribution in [2.45, 2.75) is 77.7 Å². The van der Waals surface area contributed by atoms with Gasteiger partial charge in [-0.3, -0.25) is 4.79 Å². The Morgan fingerprint density at radius 1 is 1.36 bits per heavy atom. The van der Waals surface area contributed by atoms with Gasteiger partial charge in [0.05, 0.1) is 0 Å². The van der Waals surface area contributed by atoms with E-state index in [4.69, 9.17) is 10.5 Å². The van der Waals surface area contributed by atoms with Crippen molar-refractivity contribution in [2.75, 3.05) is 6.54 Å². The van der Waals surface area contributed by atoms with Gasteiger partial charge >= 0.3 is 5.97 Å². The predicted molar refractivity (Wildman–Crippen MR) is 84.0 cm³/mol. The number of ether oxygens (including phenoxy) is 1. The second-order valence-electron chi connectivity index (χ2n) is 7.46. The first-order chi connectivity index (χ1) is 10.0. The van der Waals surface area contributed by atoms with Crippen LogP contribution in [-0.2, 0) is 14.3 Å². The average molecular weight is 314 g/mol. The van der Waals surface area contributed by atoms with Crippen LogP contribution < -0.4 is 5.73 Å². The molecule has 1 saturated heterocycles. The van der Waals surface area contributed by atoms with Gasteiger partial charge in [0.25, 0.3) is 5.91 Å². The molecule has 3 atom stereocenters. The van der Waals surface area contributed by atoms with E-state index in [1.165, 1.54) is 4.90 Å². The highest BCUT2D eigenvalue weighted by molar-refractivity contribution is 5.88. The van der Waals surface area contributed by atoms with Gasteiger partial charge in [-0.05, 0) is 46.0 Å². The van der Waals surface area contributed by atoms with Crippen molar-refractivity contribution in [3.8, 4) is 0 Å². The molecule has 1 aliphatic rings. The van der Waals surface area contributed by atoms with Gasteiger partial charge in [0.1, 0.15) is 17.7 Å². The molecular formula is C16H30N2O4.